The molecule has 3 nitrogen and oxygen atoms in total. The molecule has 108 valence electrons. The molecule has 1 heterocycles. The molecule has 0 aliphatic rings. The third-order valence-corrected chi connectivity index (χ3v) is 3.64. The first-order chi connectivity index (χ1) is 10.1. The Kier molecular flexibility index (Phi) is 4.59. The van der Waals surface area contributed by atoms with E-state index in [2.05, 4.69) is 37.3 Å². The van der Waals surface area contributed by atoms with Crippen LogP contribution in [-0.4, -0.2) is 4.57 Å². The first kappa shape index (κ1) is 15.1. The van der Waals surface area contributed by atoms with E-state index in [0.29, 0.717) is 5.56 Å². The summed E-state index contributed by atoms with van der Waals surface area (Å²) in [4.78, 5) is 12.5. The summed E-state index contributed by atoms with van der Waals surface area (Å²) in [6.45, 7) is 6.10. The van der Waals surface area contributed by atoms with Crippen molar-refractivity contribution in [1.82, 2.24) is 4.57 Å². The Labute approximate surface area is 125 Å². The number of nitriles is 1. The first-order valence-corrected chi connectivity index (χ1v) is 7.29. The van der Waals surface area contributed by atoms with Gasteiger partial charge in [0.2, 0.25) is 0 Å². The number of nitrogens with zero attached hydrogens (tertiary/aromatic N) is 2. The van der Waals surface area contributed by atoms with E-state index in [0.717, 1.165) is 17.7 Å². The number of pyridine rings is 1. The standard InChI is InChI=1S/C18H20N2O/c1-4-14-5-7-15(8-6-14)17-10-9-16(11-12-19)18(21)20(17)13(2)3/h5-10,13H,4,11H2,1-3H3. The number of rotatable bonds is 4. The van der Waals surface area contributed by atoms with Crippen LogP contribution in [0.1, 0.15) is 37.9 Å². The number of hydrogen-bond donors (Lipinski definition) is 0. The smallest absolute Gasteiger partial charge is 0.255 e. The molecule has 0 amide bonds. The van der Waals surface area contributed by atoms with Crippen LogP contribution < -0.4 is 5.56 Å². The summed E-state index contributed by atoms with van der Waals surface area (Å²) in [6, 6.07) is 14.1. The zero-order valence-electron chi connectivity index (χ0n) is 12.8. The summed E-state index contributed by atoms with van der Waals surface area (Å²) < 4.78 is 1.77. The van der Waals surface area contributed by atoms with Gasteiger partial charge in [0.15, 0.2) is 0 Å². The largest absolute Gasteiger partial charge is 0.306 e. The average Bonchev–Trinajstić information content (AvgIpc) is 2.49. The van der Waals surface area contributed by atoms with Crippen molar-refractivity contribution in [3.8, 4) is 17.3 Å². The van der Waals surface area contributed by atoms with E-state index in [9.17, 15) is 4.79 Å². The second-order valence-corrected chi connectivity index (χ2v) is 5.40. The van der Waals surface area contributed by atoms with E-state index >= 15 is 0 Å². The Morgan fingerprint density at radius 3 is 2.33 bits per heavy atom. The maximum atomic E-state index is 12.5. The molecule has 21 heavy (non-hydrogen) atoms. The van der Waals surface area contributed by atoms with Crippen LogP contribution in [-0.2, 0) is 12.8 Å². The number of aromatic nitrogens is 1. The second-order valence-electron chi connectivity index (χ2n) is 5.40. The summed E-state index contributed by atoms with van der Waals surface area (Å²) >= 11 is 0. The van der Waals surface area contributed by atoms with Crippen LogP contribution in [0.2, 0.25) is 0 Å². The summed E-state index contributed by atoms with van der Waals surface area (Å²) in [5, 5.41) is 8.82. The van der Waals surface area contributed by atoms with Crippen molar-refractivity contribution in [2.24, 2.45) is 0 Å². The van der Waals surface area contributed by atoms with Crippen molar-refractivity contribution in [2.45, 2.75) is 39.7 Å². The monoisotopic (exact) mass is 280 g/mol. The van der Waals surface area contributed by atoms with Gasteiger partial charge in [-0.05, 0) is 37.5 Å². The minimum absolute atomic E-state index is 0.0528. The van der Waals surface area contributed by atoms with Gasteiger partial charge in [-0.25, -0.2) is 0 Å². The Morgan fingerprint density at radius 1 is 1.14 bits per heavy atom. The number of hydrogen-bond acceptors (Lipinski definition) is 2. The maximum absolute atomic E-state index is 12.5. The molecule has 3 heteroatoms. The predicted octanol–water partition coefficient (Wildman–Crippen LogP) is 3.72. The van der Waals surface area contributed by atoms with E-state index in [-0.39, 0.29) is 18.0 Å². The zero-order chi connectivity index (χ0) is 15.4. The average molecular weight is 280 g/mol. The fourth-order valence-electron chi connectivity index (χ4n) is 2.47. The molecular formula is C18H20N2O. The highest BCUT2D eigenvalue weighted by Crippen LogP contribution is 2.22. The number of benzene rings is 1. The molecule has 0 spiro atoms. The van der Waals surface area contributed by atoms with Gasteiger partial charge in [-0.2, -0.15) is 5.26 Å². The van der Waals surface area contributed by atoms with E-state index in [4.69, 9.17) is 5.26 Å². The minimum atomic E-state index is -0.0661. The molecule has 0 bridgehead atoms. The summed E-state index contributed by atoms with van der Waals surface area (Å²) in [5.41, 5.74) is 3.70. The summed E-state index contributed by atoms with van der Waals surface area (Å²) in [5.74, 6) is 0. The van der Waals surface area contributed by atoms with Crippen LogP contribution in [0.3, 0.4) is 0 Å². The molecule has 0 saturated carbocycles. The summed E-state index contributed by atoms with van der Waals surface area (Å²) in [6.07, 6.45) is 1.15. The number of aryl methyl sites for hydroxylation is 1. The second kappa shape index (κ2) is 6.41. The van der Waals surface area contributed by atoms with Gasteiger partial charge in [0.05, 0.1) is 18.2 Å². The van der Waals surface area contributed by atoms with Crippen molar-refractivity contribution < 1.29 is 0 Å². The molecule has 2 rings (SSSR count). The Bertz CT molecular complexity index is 718. The van der Waals surface area contributed by atoms with Gasteiger partial charge < -0.3 is 4.57 Å². The molecule has 0 fully saturated rings. The van der Waals surface area contributed by atoms with Crippen LogP contribution in [0.5, 0.6) is 0 Å². The van der Waals surface area contributed by atoms with Crippen molar-refractivity contribution in [1.29, 1.82) is 5.26 Å². The molecule has 0 N–H and O–H groups in total. The van der Waals surface area contributed by atoms with Gasteiger partial charge in [0, 0.05) is 11.6 Å². The lowest BCUT2D eigenvalue weighted by molar-refractivity contribution is 0.581. The van der Waals surface area contributed by atoms with Crippen molar-refractivity contribution in [2.75, 3.05) is 0 Å². The van der Waals surface area contributed by atoms with Crippen LogP contribution in [0.15, 0.2) is 41.2 Å². The molecule has 0 aliphatic carbocycles. The normalized spacial score (nSPS) is 10.6. The van der Waals surface area contributed by atoms with Crippen LogP contribution in [0.4, 0.5) is 0 Å². The molecular weight excluding hydrogens is 260 g/mol. The summed E-state index contributed by atoms with van der Waals surface area (Å²) in [7, 11) is 0. The van der Waals surface area contributed by atoms with Gasteiger partial charge in [0.1, 0.15) is 0 Å². The molecule has 0 aliphatic heterocycles. The van der Waals surface area contributed by atoms with Gasteiger partial charge in [-0.15, -0.1) is 0 Å². The van der Waals surface area contributed by atoms with Crippen LogP contribution in [0, 0.1) is 11.3 Å². The first-order valence-electron chi connectivity index (χ1n) is 7.29. The fourth-order valence-corrected chi connectivity index (χ4v) is 2.47. The van der Waals surface area contributed by atoms with Gasteiger partial charge in [-0.3, -0.25) is 4.79 Å². The van der Waals surface area contributed by atoms with E-state index in [1.807, 2.05) is 19.9 Å². The molecule has 1 aromatic heterocycles. The van der Waals surface area contributed by atoms with Gasteiger partial charge in [0.25, 0.3) is 5.56 Å². The SMILES string of the molecule is CCc1ccc(-c2ccc(CC#N)c(=O)n2C(C)C)cc1. The lowest BCUT2D eigenvalue weighted by Gasteiger charge is -2.17. The third-order valence-electron chi connectivity index (χ3n) is 3.64. The quantitative estimate of drug-likeness (QED) is 0.856. The van der Waals surface area contributed by atoms with Crippen molar-refractivity contribution in [3.63, 3.8) is 0 Å². The fraction of sp³-hybridized carbons (Fsp3) is 0.333. The van der Waals surface area contributed by atoms with Gasteiger partial charge in [-0.1, -0.05) is 37.3 Å². The third kappa shape index (κ3) is 3.05. The molecule has 0 radical (unpaired) electrons. The van der Waals surface area contributed by atoms with Crippen molar-refractivity contribution >= 4 is 0 Å². The minimum Gasteiger partial charge on any atom is -0.306 e. The Morgan fingerprint density at radius 2 is 1.81 bits per heavy atom. The lowest BCUT2D eigenvalue weighted by Crippen LogP contribution is -2.26. The van der Waals surface area contributed by atoms with Gasteiger partial charge >= 0.3 is 0 Å². The topological polar surface area (TPSA) is 45.8 Å². The van der Waals surface area contributed by atoms with Crippen LogP contribution >= 0.6 is 0 Å². The highest BCUT2D eigenvalue weighted by molar-refractivity contribution is 5.60. The van der Waals surface area contributed by atoms with E-state index < -0.39 is 0 Å². The highest BCUT2D eigenvalue weighted by atomic mass is 16.1. The Balaban J connectivity index is 2.60. The highest BCUT2D eigenvalue weighted by Gasteiger charge is 2.12. The van der Waals surface area contributed by atoms with E-state index in [1.54, 1.807) is 10.6 Å². The molecule has 0 unspecified atom stereocenters. The lowest BCUT2D eigenvalue weighted by atomic mass is 10.0. The van der Waals surface area contributed by atoms with Crippen molar-refractivity contribution in [3.05, 3.63) is 57.9 Å². The molecule has 0 atom stereocenters. The predicted molar refractivity (Wildman–Crippen MR) is 85.2 cm³/mol. The maximum Gasteiger partial charge on any atom is 0.255 e. The molecule has 0 saturated heterocycles. The van der Waals surface area contributed by atoms with Crippen LogP contribution in [0.25, 0.3) is 11.3 Å². The molecule has 2 aromatic rings. The molecule has 1 aromatic carbocycles. The Hall–Kier alpha value is -2.34. The van der Waals surface area contributed by atoms with E-state index in [1.165, 1.54) is 5.56 Å². The zero-order valence-corrected chi connectivity index (χ0v) is 12.8.